The van der Waals surface area contributed by atoms with Gasteiger partial charge in [-0.05, 0) is 52.4 Å². The average Bonchev–Trinajstić information content (AvgIpc) is 2.86. The van der Waals surface area contributed by atoms with E-state index in [9.17, 15) is 14.9 Å². The highest BCUT2D eigenvalue weighted by atomic mass is 16.6. The number of nitrogens with zero attached hydrogens (tertiary/aromatic N) is 1. The van der Waals surface area contributed by atoms with Gasteiger partial charge >= 0.3 is 5.97 Å². The van der Waals surface area contributed by atoms with Crippen LogP contribution in [0.4, 0.5) is 0 Å². The first kappa shape index (κ1) is 25.3. The average molecular weight is 469 g/mol. The third kappa shape index (κ3) is 6.81. The van der Waals surface area contributed by atoms with E-state index < -0.39 is 11.9 Å². The monoisotopic (exact) mass is 468 g/mol. The zero-order valence-electron chi connectivity index (χ0n) is 20.3. The van der Waals surface area contributed by atoms with E-state index in [1.807, 2.05) is 48.5 Å². The second-order valence-electron chi connectivity index (χ2n) is 8.97. The molecule has 0 aliphatic rings. The number of rotatable bonds is 7. The minimum absolute atomic E-state index is 0.0181. The number of carbonyl (C=O) groups excluding carboxylic acids is 2. The molecule has 178 valence electrons. The molecule has 6 heteroatoms. The molecule has 3 aromatic rings. The van der Waals surface area contributed by atoms with Crippen molar-refractivity contribution < 1.29 is 19.1 Å². The molecule has 0 aromatic heterocycles. The van der Waals surface area contributed by atoms with Gasteiger partial charge in [-0.2, -0.15) is 5.26 Å². The van der Waals surface area contributed by atoms with Crippen molar-refractivity contribution in [3.05, 3.63) is 101 Å². The van der Waals surface area contributed by atoms with Gasteiger partial charge in [-0.15, -0.1) is 0 Å². The lowest BCUT2D eigenvalue weighted by Gasteiger charge is -2.19. The van der Waals surface area contributed by atoms with Crippen LogP contribution in [0, 0.1) is 11.3 Å². The maximum Gasteiger partial charge on any atom is 0.343 e. The van der Waals surface area contributed by atoms with Gasteiger partial charge in [0.05, 0.1) is 12.7 Å². The van der Waals surface area contributed by atoms with Crippen molar-refractivity contribution in [2.75, 3.05) is 7.11 Å². The van der Waals surface area contributed by atoms with Crippen LogP contribution in [-0.4, -0.2) is 19.0 Å². The van der Waals surface area contributed by atoms with Gasteiger partial charge in [0.1, 0.15) is 11.6 Å². The number of benzene rings is 3. The van der Waals surface area contributed by atoms with Crippen molar-refractivity contribution in [1.82, 2.24) is 5.32 Å². The van der Waals surface area contributed by atoms with Crippen molar-refractivity contribution in [2.45, 2.75) is 32.7 Å². The molecule has 6 nitrogen and oxygen atoms in total. The smallest absolute Gasteiger partial charge is 0.343 e. The Kier molecular flexibility index (Phi) is 8.06. The van der Waals surface area contributed by atoms with Gasteiger partial charge in [-0.3, -0.25) is 4.79 Å². The summed E-state index contributed by atoms with van der Waals surface area (Å²) in [7, 11) is 1.45. The predicted octanol–water partition coefficient (Wildman–Crippen LogP) is 5.44. The van der Waals surface area contributed by atoms with E-state index in [-0.39, 0.29) is 16.7 Å². The summed E-state index contributed by atoms with van der Waals surface area (Å²) in [5, 5.41) is 12.2. The Balaban J connectivity index is 1.73. The number of hydrogen-bond acceptors (Lipinski definition) is 5. The molecule has 0 saturated heterocycles. The topological polar surface area (TPSA) is 88.4 Å². The number of nitriles is 1. The van der Waals surface area contributed by atoms with Gasteiger partial charge in [-0.1, -0.05) is 69.3 Å². The zero-order valence-corrected chi connectivity index (χ0v) is 20.3. The summed E-state index contributed by atoms with van der Waals surface area (Å²) in [6, 6.07) is 23.5. The molecule has 0 heterocycles. The fraction of sp³-hybridized carbons (Fsp3) is 0.207. The highest BCUT2D eigenvalue weighted by molar-refractivity contribution is 6.01. The molecule has 1 amide bonds. The third-order valence-electron chi connectivity index (χ3n) is 5.35. The maximum atomic E-state index is 12.6. The van der Waals surface area contributed by atoms with Gasteiger partial charge in [-0.25, -0.2) is 4.79 Å². The van der Waals surface area contributed by atoms with E-state index >= 15 is 0 Å². The van der Waals surface area contributed by atoms with Crippen molar-refractivity contribution in [3.8, 4) is 17.6 Å². The molecule has 1 N–H and O–H groups in total. The SMILES string of the molecule is COc1cc(/C=C(\C#N)C(=O)NCc2ccccc2)ccc1OC(=O)c1ccc(C(C)(C)C)cc1. The number of carbonyl (C=O) groups is 2. The Labute approximate surface area is 205 Å². The van der Waals surface area contributed by atoms with E-state index in [1.54, 1.807) is 30.3 Å². The summed E-state index contributed by atoms with van der Waals surface area (Å²) in [6.45, 7) is 6.62. The summed E-state index contributed by atoms with van der Waals surface area (Å²) in [6.07, 6.45) is 1.46. The lowest BCUT2D eigenvalue weighted by Crippen LogP contribution is -2.23. The number of amides is 1. The quantitative estimate of drug-likeness (QED) is 0.216. The summed E-state index contributed by atoms with van der Waals surface area (Å²) in [5.41, 5.74) is 2.96. The van der Waals surface area contributed by atoms with E-state index in [0.717, 1.165) is 11.1 Å². The Hall–Kier alpha value is -4.37. The van der Waals surface area contributed by atoms with Crippen molar-refractivity contribution in [1.29, 1.82) is 5.26 Å². The Morgan fingerprint density at radius 3 is 2.26 bits per heavy atom. The fourth-order valence-electron chi connectivity index (χ4n) is 3.31. The summed E-state index contributed by atoms with van der Waals surface area (Å²) >= 11 is 0. The molecule has 0 aliphatic carbocycles. The molecule has 0 bridgehead atoms. The largest absolute Gasteiger partial charge is 0.493 e. The molecule has 0 fully saturated rings. The van der Waals surface area contributed by atoms with Crippen molar-refractivity contribution in [2.24, 2.45) is 0 Å². The molecule has 3 aromatic carbocycles. The minimum Gasteiger partial charge on any atom is -0.493 e. The highest BCUT2D eigenvalue weighted by Gasteiger charge is 2.17. The molecular formula is C29H28N2O4. The lowest BCUT2D eigenvalue weighted by atomic mass is 9.87. The van der Waals surface area contributed by atoms with Crippen molar-refractivity contribution in [3.63, 3.8) is 0 Å². The van der Waals surface area contributed by atoms with Crippen LogP contribution in [0.2, 0.25) is 0 Å². The lowest BCUT2D eigenvalue weighted by molar-refractivity contribution is -0.117. The number of hydrogen-bond donors (Lipinski definition) is 1. The van der Waals surface area contributed by atoms with Crippen LogP contribution in [0.5, 0.6) is 11.5 Å². The van der Waals surface area contributed by atoms with Gasteiger partial charge in [0.25, 0.3) is 5.91 Å². The molecule has 0 saturated carbocycles. The Morgan fingerprint density at radius 1 is 0.971 bits per heavy atom. The molecule has 0 aliphatic heterocycles. The van der Waals surface area contributed by atoms with E-state index in [1.165, 1.54) is 13.2 Å². The van der Waals surface area contributed by atoms with Gasteiger partial charge in [0.15, 0.2) is 11.5 Å². The van der Waals surface area contributed by atoms with E-state index in [4.69, 9.17) is 9.47 Å². The van der Waals surface area contributed by atoms with Gasteiger partial charge < -0.3 is 14.8 Å². The summed E-state index contributed by atoms with van der Waals surface area (Å²) < 4.78 is 10.9. The second kappa shape index (κ2) is 11.2. The number of nitrogens with one attached hydrogen (secondary N) is 1. The molecule has 3 rings (SSSR count). The first-order valence-electron chi connectivity index (χ1n) is 11.2. The number of methoxy groups -OCH3 is 1. The van der Waals surface area contributed by atoms with Crippen LogP contribution >= 0.6 is 0 Å². The number of esters is 1. The van der Waals surface area contributed by atoms with Crippen LogP contribution in [0.1, 0.15) is 47.8 Å². The maximum absolute atomic E-state index is 12.6. The van der Waals surface area contributed by atoms with Crippen LogP contribution in [0.3, 0.4) is 0 Å². The van der Waals surface area contributed by atoms with E-state index in [2.05, 4.69) is 26.1 Å². The van der Waals surface area contributed by atoms with Gasteiger partial charge in [0.2, 0.25) is 0 Å². The highest BCUT2D eigenvalue weighted by Crippen LogP contribution is 2.30. The van der Waals surface area contributed by atoms with Crippen molar-refractivity contribution >= 4 is 18.0 Å². The van der Waals surface area contributed by atoms with Crippen LogP contribution in [0.25, 0.3) is 6.08 Å². The normalized spacial score (nSPS) is 11.3. The molecule has 0 unspecified atom stereocenters. The summed E-state index contributed by atoms with van der Waals surface area (Å²) in [5.74, 6) is -0.448. The first-order chi connectivity index (χ1) is 16.7. The standard InChI is InChI=1S/C29H28N2O4/c1-29(2,3)24-13-11-22(12-14-24)28(33)35-25-15-10-21(17-26(25)34-4)16-23(18-30)27(32)31-19-20-8-6-5-7-9-20/h5-17H,19H2,1-4H3,(H,31,32)/b23-16+. The molecule has 35 heavy (non-hydrogen) atoms. The fourth-order valence-corrected chi connectivity index (χ4v) is 3.31. The molecule has 0 spiro atoms. The van der Waals surface area contributed by atoms with Crippen LogP contribution < -0.4 is 14.8 Å². The molecule has 0 radical (unpaired) electrons. The minimum atomic E-state index is -0.509. The first-order valence-corrected chi connectivity index (χ1v) is 11.2. The summed E-state index contributed by atoms with van der Waals surface area (Å²) in [4.78, 5) is 25.1. The van der Waals surface area contributed by atoms with Crippen LogP contribution in [0.15, 0.2) is 78.4 Å². The van der Waals surface area contributed by atoms with Crippen LogP contribution in [-0.2, 0) is 16.8 Å². The Bertz CT molecular complexity index is 1260. The number of ether oxygens (including phenoxy) is 2. The predicted molar refractivity (Wildman–Crippen MR) is 135 cm³/mol. The molecular weight excluding hydrogens is 440 g/mol. The zero-order chi connectivity index (χ0) is 25.4. The third-order valence-corrected chi connectivity index (χ3v) is 5.35. The van der Waals surface area contributed by atoms with Gasteiger partial charge in [0, 0.05) is 6.54 Å². The Morgan fingerprint density at radius 2 is 1.66 bits per heavy atom. The van der Waals surface area contributed by atoms with E-state index in [0.29, 0.717) is 23.4 Å². The molecule has 0 atom stereocenters. The second-order valence-corrected chi connectivity index (χ2v) is 8.97.